The minimum Gasteiger partial charge on any atom is -0.497 e. The fourth-order valence-corrected chi connectivity index (χ4v) is 3.43. The Labute approximate surface area is 188 Å². The van der Waals surface area contributed by atoms with Crippen LogP contribution in [0.15, 0.2) is 41.3 Å². The zero-order valence-corrected chi connectivity index (χ0v) is 19.1. The van der Waals surface area contributed by atoms with E-state index in [0.717, 1.165) is 42.6 Å². The molecule has 0 fully saturated rings. The van der Waals surface area contributed by atoms with Crippen LogP contribution >= 0.6 is 0 Å². The molecule has 0 bridgehead atoms. The molecule has 1 N–H and O–H groups in total. The van der Waals surface area contributed by atoms with Gasteiger partial charge in [0, 0.05) is 24.9 Å². The van der Waals surface area contributed by atoms with E-state index in [0.29, 0.717) is 24.3 Å². The second kappa shape index (κ2) is 11.5. The number of carbonyl (C=O) groups excluding carboxylic acids is 1. The van der Waals surface area contributed by atoms with Crippen molar-refractivity contribution in [1.82, 2.24) is 19.4 Å². The molecular weight excluding hydrogens is 408 g/mol. The standard InChI is InChI=1S/C24H32N4O4/c1-4-6-11-25-22(29)16-27-23-21(28(24(27)30)17-32-12-7-5-2)14-19(15-26-23)18-9-8-10-20(13-18)31-3/h8-10,13-15H,4-7,11-12,16-17H2,1-3H3,(H,25,29). The molecule has 32 heavy (non-hydrogen) atoms. The average Bonchev–Trinajstić information content (AvgIpc) is 3.07. The summed E-state index contributed by atoms with van der Waals surface area (Å²) in [5.74, 6) is 0.536. The first-order valence-electron chi connectivity index (χ1n) is 11.2. The van der Waals surface area contributed by atoms with Gasteiger partial charge >= 0.3 is 5.69 Å². The highest BCUT2D eigenvalue weighted by atomic mass is 16.5. The van der Waals surface area contributed by atoms with E-state index >= 15 is 0 Å². The fourth-order valence-electron chi connectivity index (χ4n) is 3.43. The highest BCUT2D eigenvalue weighted by Gasteiger charge is 2.18. The Morgan fingerprint density at radius 1 is 1.09 bits per heavy atom. The predicted molar refractivity (Wildman–Crippen MR) is 125 cm³/mol. The first-order valence-corrected chi connectivity index (χ1v) is 11.2. The highest BCUT2D eigenvalue weighted by Crippen LogP contribution is 2.25. The fraction of sp³-hybridized carbons (Fsp3) is 0.458. The molecule has 0 aliphatic carbocycles. The number of methoxy groups -OCH3 is 1. The van der Waals surface area contributed by atoms with Crippen LogP contribution in [0.3, 0.4) is 0 Å². The van der Waals surface area contributed by atoms with E-state index in [-0.39, 0.29) is 24.9 Å². The third-order valence-corrected chi connectivity index (χ3v) is 5.28. The van der Waals surface area contributed by atoms with Gasteiger partial charge in [-0.25, -0.2) is 9.78 Å². The molecule has 0 saturated carbocycles. The number of fused-ring (bicyclic) bond motifs is 1. The number of ether oxygens (including phenoxy) is 2. The van der Waals surface area contributed by atoms with Gasteiger partial charge in [0.2, 0.25) is 5.91 Å². The number of carbonyl (C=O) groups is 1. The van der Waals surface area contributed by atoms with Gasteiger partial charge in [-0.15, -0.1) is 0 Å². The Balaban J connectivity index is 1.98. The molecule has 1 amide bonds. The molecule has 0 spiro atoms. The van der Waals surface area contributed by atoms with Crippen LogP contribution in [0.1, 0.15) is 39.5 Å². The summed E-state index contributed by atoms with van der Waals surface area (Å²) in [4.78, 5) is 30.1. The van der Waals surface area contributed by atoms with E-state index in [2.05, 4.69) is 24.1 Å². The normalized spacial score (nSPS) is 11.1. The van der Waals surface area contributed by atoms with Gasteiger partial charge in [-0.2, -0.15) is 0 Å². The number of unbranched alkanes of at least 4 members (excludes halogenated alkanes) is 2. The molecule has 172 valence electrons. The van der Waals surface area contributed by atoms with Crippen LogP contribution in [0.5, 0.6) is 5.75 Å². The quantitative estimate of drug-likeness (QED) is 0.435. The van der Waals surface area contributed by atoms with Crippen LogP contribution < -0.4 is 15.7 Å². The van der Waals surface area contributed by atoms with Crippen LogP contribution in [0, 0.1) is 0 Å². The van der Waals surface area contributed by atoms with Crippen LogP contribution in [0.4, 0.5) is 0 Å². The number of hydrogen-bond donors (Lipinski definition) is 1. The molecular formula is C24H32N4O4. The summed E-state index contributed by atoms with van der Waals surface area (Å²) in [5.41, 5.74) is 2.56. The van der Waals surface area contributed by atoms with E-state index in [1.54, 1.807) is 17.9 Å². The summed E-state index contributed by atoms with van der Waals surface area (Å²) in [6, 6.07) is 9.57. The Morgan fingerprint density at radius 2 is 1.91 bits per heavy atom. The summed E-state index contributed by atoms with van der Waals surface area (Å²) in [6.07, 6.45) is 5.53. The van der Waals surface area contributed by atoms with Gasteiger partial charge in [0.25, 0.3) is 0 Å². The van der Waals surface area contributed by atoms with Gasteiger partial charge in [0.05, 0.1) is 12.6 Å². The molecule has 8 nitrogen and oxygen atoms in total. The topological polar surface area (TPSA) is 87.4 Å². The second-order valence-electron chi connectivity index (χ2n) is 7.69. The third kappa shape index (κ3) is 5.56. The first-order chi connectivity index (χ1) is 15.6. The summed E-state index contributed by atoms with van der Waals surface area (Å²) in [6.45, 7) is 5.34. The maximum Gasteiger partial charge on any atom is 0.332 e. The zero-order valence-electron chi connectivity index (χ0n) is 19.1. The lowest BCUT2D eigenvalue weighted by molar-refractivity contribution is -0.121. The molecule has 3 aromatic rings. The monoisotopic (exact) mass is 440 g/mol. The van der Waals surface area contributed by atoms with Crippen molar-refractivity contribution < 1.29 is 14.3 Å². The summed E-state index contributed by atoms with van der Waals surface area (Å²) in [7, 11) is 1.62. The molecule has 0 radical (unpaired) electrons. The number of imidazole rings is 1. The number of benzene rings is 1. The minimum atomic E-state index is -0.308. The van der Waals surface area contributed by atoms with Crippen LogP contribution in [-0.2, 0) is 22.8 Å². The van der Waals surface area contributed by atoms with Gasteiger partial charge in [0.15, 0.2) is 5.65 Å². The van der Waals surface area contributed by atoms with Crippen molar-refractivity contribution in [2.45, 2.75) is 52.8 Å². The number of aromatic nitrogens is 3. The van der Waals surface area contributed by atoms with E-state index in [9.17, 15) is 9.59 Å². The number of nitrogens with zero attached hydrogens (tertiary/aromatic N) is 3. The summed E-state index contributed by atoms with van der Waals surface area (Å²) in [5, 5.41) is 2.86. The zero-order chi connectivity index (χ0) is 22.9. The van der Waals surface area contributed by atoms with Gasteiger partial charge in [-0.1, -0.05) is 38.8 Å². The second-order valence-corrected chi connectivity index (χ2v) is 7.69. The van der Waals surface area contributed by atoms with E-state index < -0.39 is 0 Å². The number of amides is 1. The molecule has 8 heteroatoms. The predicted octanol–water partition coefficient (Wildman–Crippen LogP) is 3.56. The molecule has 0 saturated heterocycles. The summed E-state index contributed by atoms with van der Waals surface area (Å²) >= 11 is 0. The lowest BCUT2D eigenvalue weighted by Crippen LogP contribution is -2.33. The maximum atomic E-state index is 13.2. The molecule has 0 atom stereocenters. The SMILES string of the molecule is CCCCNC(=O)Cn1c(=O)n(COCCCC)c2cc(-c3cccc(OC)c3)cnc21. The lowest BCUT2D eigenvalue weighted by atomic mass is 10.1. The van der Waals surface area contributed by atoms with Gasteiger partial charge < -0.3 is 14.8 Å². The van der Waals surface area contributed by atoms with E-state index in [1.165, 1.54) is 4.57 Å². The van der Waals surface area contributed by atoms with Crippen molar-refractivity contribution in [3.63, 3.8) is 0 Å². The Kier molecular flexibility index (Phi) is 8.44. The van der Waals surface area contributed by atoms with Gasteiger partial charge in [0.1, 0.15) is 19.0 Å². The first kappa shape index (κ1) is 23.5. The molecule has 3 rings (SSSR count). The smallest absolute Gasteiger partial charge is 0.332 e. The van der Waals surface area contributed by atoms with Crippen molar-refractivity contribution >= 4 is 17.1 Å². The van der Waals surface area contributed by atoms with Crippen molar-refractivity contribution in [1.29, 1.82) is 0 Å². The van der Waals surface area contributed by atoms with Crippen molar-refractivity contribution in [3.8, 4) is 16.9 Å². The van der Waals surface area contributed by atoms with Crippen molar-refractivity contribution in [2.75, 3.05) is 20.3 Å². The molecule has 1 aromatic carbocycles. The number of hydrogen-bond acceptors (Lipinski definition) is 5. The summed E-state index contributed by atoms with van der Waals surface area (Å²) < 4.78 is 14.0. The minimum absolute atomic E-state index is 0.0769. The van der Waals surface area contributed by atoms with E-state index in [4.69, 9.17) is 9.47 Å². The molecule has 2 heterocycles. The third-order valence-electron chi connectivity index (χ3n) is 5.28. The van der Waals surface area contributed by atoms with Gasteiger partial charge in [-0.05, 0) is 36.6 Å². The molecule has 2 aromatic heterocycles. The van der Waals surface area contributed by atoms with Crippen LogP contribution in [0.2, 0.25) is 0 Å². The Morgan fingerprint density at radius 3 is 2.66 bits per heavy atom. The maximum absolute atomic E-state index is 13.2. The van der Waals surface area contributed by atoms with Crippen molar-refractivity contribution in [2.24, 2.45) is 0 Å². The molecule has 0 aliphatic rings. The lowest BCUT2D eigenvalue weighted by Gasteiger charge is -2.07. The van der Waals surface area contributed by atoms with Crippen molar-refractivity contribution in [3.05, 3.63) is 47.0 Å². The Hall–Kier alpha value is -3.13. The molecule has 0 aliphatic heterocycles. The molecule has 0 unspecified atom stereocenters. The van der Waals surface area contributed by atoms with Crippen LogP contribution in [-0.4, -0.2) is 40.3 Å². The average molecular weight is 441 g/mol. The number of rotatable bonds is 12. The largest absolute Gasteiger partial charge is 0.497 e. The number of pyridine rings is 1. The van der Waals surface area contributed by atoms with E-state index in [1.807, 2.05) is 30.3 Å². The highest BCUT2D eigenvalue weighted by molar-refractivity contribution is 5.82. The van der Waals surface area contributed by atoms with Gasteiger partial charge in [-0.3, -0.25) is 13.9 Å². The number of nitrogens with one attached hydrogen (secondary N) is 1. The Bertz CT molecular complexity index is 1100. The van der Waals surface area contributed by atoms with Crippen LogP contribution in [0.25, 0.3) is 22.3 Å².